The number of carbonyl (C=O) groups excluding carboxylic acids is 2. The van der Waals surface area contributed by atoms with E-state index in [2.05, 4.69) is 15.3 Å². The predicted octanol–water partition coefficient (Wildman–Crippen LogP) is 2.47. The van der Waals surface area contributed by atoms with Crippen molar-refractivity contribution in [2.24, 2.45) is 0 Å². The van der Waals surface area contributed by atoms with Crippen molar-refractivity contribution in [3.63, 3.8) is 0 Å². The second-order valence-corrected chi connectivity index (χ2v) is 7.06. The molecule has 1 fully saturated rings. The summed E-state index contributed by atoms with van der Waals surface area (Å²) in [6.07, 6.45) is 5.81. The number of rotatable bonds is 6. The Morgan fingerprint density at radius 3 is 2.96 bits per heavy atom. The summed E-state index contributed by atoms with van der Waals surface area (Å²) in [5.74, 6) is 0.0991. The lowest BCUT2D eigenvalue weighted by molar-refractivity contribution is -0.127. The fraction of sp³-hybridized carbons (Fsp3) is 0.333. The summed E-state index contributed by atoms with van der Waals surface area (Å²) in [5, 5.41) is 2.95. The van der Waals surface area contributed by atoms with Crippen molar-refractivity contribution in [1.29, 1.82) is 0 Å². The fourth-order valence-electron chi connectivity index (χ4n) is 3.55. The zero-order valence-electron chi connectivity index (χ0n) is 15.9. The molecule has 3 aromatic rings. The number of pyridine rings is 1. The van der Waals surface area contributed by atoms with Gasteiger partial charge in [0, 0.05) is 37.8 Å². The zero-order chi connectivity index (χ0) is 19.5. The van der Waals surface area contributed by atoms with Crippen molar-refractivity contribution in [3.05, 3.63) is 54.0 Å². The van der Waals surface area contributed by atoms with Crippen LogP contribution in [-0.4, -0.2) is 50.9 Å². The average Bonchev–Trinajstić information content (AvgIpc) is 3.31. The molecule has 3 heterocycles. The quantitative estimate of drug-likeness (QED) is 0.669. The van der Waals surface area contributed by atoms with Gasteiger partial charge in [-0.2, -0.15) is 0 Å². The lowest BCUT2D eigenvalue weighted by Gasteiger charge is -2.15. The van der Waals surface area contributed by atoms with Crippen LogP contribution in [0.15, 0.2) is 42.9 Å². The molecule has 7 heteroatoms. The summed E-state index contributed by atoms with van der Waals surface area (Å²) in [7, 11) is 0. The van der Waals surface area contributed by atoms with Crippen LogP contribution < -0.4 is 5.32 Å². The van der Waals surface area contributed by atoms with Crippen LogP contribution >= 0.6 is 0 Å². The van der Waals surface area contributed by atoms with Gasteiger partial charge in [0.05, 0.1) is 5.69 Å². The van der Waals surface area contributed by atoms with Crippen LogP contribution in [0.1, 0.15) is 35.2 Å². The van der Waals surface area contributed by atoms with Gasteiger partial charge < -0.3 is 10.2 Å². The third-order valence-corrected chi connectivity index (χ3v) is 5.10. The highest BCUT2D eigenvalue weighted by Crippen LogP contribution is 2.20. The molecule has 1 saturated heterocycles. The molecule has 0 spiro atoms. The van der Waals surface area contributed by atoms with Crippen LogP contribution in [0.2, 0.25) is 0 Å². The number of nitrogens with one attached hydrogen (secondary N) is 1. The molecule has 0 unspecified atom stereocenters. The summed E-state index contributed by atoms with van der Waals surface area (Å²) < 4.78 is 1.90. The van der Waals surface area contributed by atoms with E-state index in [0.717, 1.165) is 41.8 Å². The van der Waals surface area contributed by atoms with Gasteiger partial charge in [0.25, 0.3) is 5.91 Å². The average molecular weight is 377 g/mol. The summed E-state index contributed by atoms with van der Waals surface area (Å²) >= 11 is 0. The molecular weight excluding hydrogens is 354 g/mol. The molecule has 0 atom stereocenters. The Balaban J connectivity index is 1.44. The van der Waals surface area contributed by atoms with Gasteiger partial charge >= 0.3 is 0 Å². The first-order chi connectivity index (χ1) is 13.6. The van der Waals surface area contributed by atoms with Crippen LogP contribution in [0, 0.1) is 6.92 Å². The van der Waals surface area contributed by atoms with E-state index >= 15 is 0 Å². The molecule has 28 heavy (non-hydrogen) atoms. The Bertz CT molecular complexity index is 1030. The molecular formula is C21H23N5O2. The highest BCUT2D eigenvalue weighted by molar-refractivity contribution is 5.95. The molecule has 0 radical (unpaired) electrons. The van der Waals surface area contributed by atoms with Crippen molar-refractivity contribution in [1.82, 2.24) is 24.8 Å². The molecule has 144 valence electrons. The Morgan fingerprint density at radius 2 is 2.14 bits per heavy atom. The van der Waals surface area contributed by atoms with Crippen molar-refractivity contribution < 1.29 is 9.59 Å². The van der Waals surface area contributed by atoms with E-state index in [-0.39, 0.29) is 11.8 Å². The van der Waals surface area contributed by atoms with Crippen molar-refractivity contribution >= 4 is 23.0 Å². The Morgan fingerprint density at radius 1 is 1.25 bits per heavy atom. The van der Waals surface area contributed by atoms with Crippen LogP contribution in [0.5, 0.6) is 0 Å². The largest absolute Gasteiger partial charge is 0.352 e. The number of aromatic nitrogens is 3. The number of imidazole rings is 1. The number of aryl methyl sites for hydroxylation is 1. The molecule has 2 aromatic heterocycles. The Hall–Kier alpha value is -3.22. The van der Waals surface area contributed by atoms with Gasteiger partial charge in [0.15, 0.2) is 5.65 Å². The lowest BCUT2D eigenvalue weighted by Crippen LogP contribution is -2.30. The highest BCUT2D eigenvalue weighted by Gasteiger charge is 2.19. The van der Waals surface area contributed by atoms with Crippen molar-refractivity contribution in [3.8, 4) is 5.69 Å². The molecule has 0 bridgehead atoms. The van der Waals surface area contributed by atoms with E-state index < -0.39 is 0 Å². The SMILES string of the molecule is Cc1ccc(C(=O)NCCCN2CCCC2=O)cc1-n1cnc2cccnc21. The molecule has 0 aliphatic carbocycles. The van der Waals surface area contributed by atoms with Gasteiger partial charge in [-0.15, -0.1) is 0 Å². The highest BCUT2D eigenvalue weighted by atomic mass is 16.2. The van der Waals surface area contributed by atoms with Crippen molar-refractivity contribution in [2.75, 3.05) is 19.6 Å². The van der Waals surface area contributed by atoms with Crippen LogP contribution in [0.25, 0.3) is 16.9 Å². The van der Waals surface area contributed by atoms with Gasteiger partial charge in [-0.25, -0.2) is 9.97 Å². The third kappa shape index (κ3) is 3.60. The molecule has 1 aliphatic heterocycles. The minimum atomic E-state index is -0.119. The molecule has 7 nitrogen and oxygen atoms in total. The van der Waals surface area contributed by atoms with E-state index in [4.69, 9.17) is 0 Å². The number of hydrogen-bond donors (Lipinski definition) is 1. The third-order valence-electron chi connectivity index (χ3n) is 5.10. The minimum absolute atomic E-state index is 0.119. The van der Waals surface area contributed by atoms with E-state index in [9.17, 15) is 9.59 Å². The van der Waals surface area contributed by atoms with Gasteiger partial charge in [-0.05, 0) is 49.6 Å². The molecule has 1 aliphatic rings. The number of carbonyl (C=O) groups is 2. The molecule has 0 saturated carbocycles. The molecule has 2 amide bonds. The summed E-state index contributed by atoms with van der Waals surface area (Å²) in [5.41, 5.74) is 4.09. The summed E-state index contributed by atoms with van der Waals surface area (Å²) in [6.45, 7) is 4.08. The maximum atomic E-state index is 12.6. The number of benzene rings is 1. The minimum Gasteiger partial charge on any atom is -0.352 e. The van der Waals surface area contributed by atoms with Crippen LogP contribution in [0.3, 0.4) is 0 Å². The number of likely N-dealkylation sites (tertiary alicyclic amines) is 1. The standard InChI is InChI=1S/C21H23N5O2/c1-15-7-8-16(21(28)23-10-4-12-25-11-3-6-19(25)27)13-18(15)26-14-24-17-5-2-9-22-20(17)26/h2,5,7-9,13-14H,3-4,6,10-12H2,1H3,(H,23,28). The summed E-state index contributed by atoms with van der Waals surface area (Å²) in [6, 6.07) is 9.39. The molecule has 1 aromatic carbocycles. The smallest absolute Gasteiger partial charge is 0.251 e. The predicted molar refractivity (Wildman–Crippen MR) is 106 cm³/mol. The first-order valence-electron chi connectivity index (χ1n) is 9.58. The monoisotopic (exact) mass is 377 g/mol. The first kappa shape index (κ1) is 18.2. The lowest BCUT2D eigenvalue weighted by atomic mass is 10.1. The second-order valence-electron chi connectivity index (χ2n) is 7.06. The van der Waals surface area contributed by atoms with Gasteiger partial charge in [-0.3, -0.25) is 14.2 Å². The van der Waals surface area contributed by atoms with Gasteiger partial charge in [0.2, 0.25) is 5.91 Å². The molecule has 1 N–H and O–H groups in total. The zero-order valence-corrected chi connectivity index (χ0v) is 15.9. The maximum absolute atomic E-state index is 12.6. The number of amides is 2. The topological polar surface area (TPSA) is 80.1 Å². The number of nitrogens with zero attached hydrogens (tertiary/aromatic N) is 4. The van der Waals surface area contributed by atoms with Gasteiger partial charge in [0.1, 0.15) is 11.8 Å². The van der Waals surface area contributed by atoms with Crippen LogP contribution in [-0.2, 0) is 4.79 Å². The Labute approximate surface area is 163 Å². The van der Waals surface area contributed by atoms with E-state index in [1.807, 2.05) is 46.7 Å². The van der Waals surface area contributed by atoms with Crippen molar-refractivity contribution in [2.45, 2.75) is 26.2 Å². The van der Waals surface area contributed by atoms with E-state index in [0.29, 0.717) is 25.1 Å². The fourth-order valence-corrected chi connectivity index (χ4v) is 3.55. The normalized spacial score (nSPS) is 14.0. The van der Waals surface area contributed by atoms with E-state index in [1.54, 1.807) is 12.5 Å². The molecule has 4 rings (SSSR count). The van der Waals surface area contributed by atoms with Gasteiger partial charge in [-0.1, -0.05) is 6.07 Å². The van der Waals surface area contributed by atoms with E-state index in [1.165, 1.54) is 0 Å². The second kappa shape index (κ2) is 7.80. The first-order valence-corrected chi connectivity index (χ1v) is 9.58. The number of fused-ring (bicyclic) bond motifs is 1. The Kier molecular flexibility index (Phi) is 5.06. The summed E-state index contributed by atoms with van der Waals surface area (Å²) in [4.78, 5) is 34.9. The number of hydrogen-bond acceptors (Lipinski definition) is 4. The van der Waals surface area contributed by atoms with Crippen LogP contribution in [0.4, 0.5) is 0 Å². The maximum Gasteiger partial charge on any atom is 0.251 e.